The minimum Gasteiger partial charge on any atom is -0.489 e. The summed E-state index contributed by atoms with van der Waals surface area (Å²) in [6.07, 6.45) is 1.39. The van der Waals surface area contributed by atoms with E-state index < -0.39 is 33.1 Å². The van der Waals surface area contributed by atoms with E-state index in [2.05, 4.69) is 34.8 Å². The number of nitrogens with zero attached hydrogens (tertiary/aromatic N) is 3. The third kappa shape index (κ3) is 7.03. The van der Waals surface area contributed by atoms with Gasteiger partial charge in [0.05, 0.1) is 16.0 Å². The monoisotopic (exact) mass is 594 g/mol. The lowest BCUT2D eigenvalue weighted by Crippen LogP contribution is -2.39. The van der Waals surface area contributed by atoms with Crippen molar-refractivity contribution in [1.82, 2.24) is 5.43 Å². The van der Waals surface area contributed by atoms with Gasteiger partial charge in [0, 0.05) is 6.07 Å². The van der Waals surface area contributed by atoms with Crippen molar-refractivity contribution in [3.05, 3.63) is 143 Å². The van der Waals surface area contributed by atoms with Crippen LogP contribution in [0.5, 0.6) is 5.75 Å². The summed E-state index contributed by atoms with van der Waals surface area (Å²) in [5, 5.41) is 17.9. The molecule has 0 fully saturated rings. The number of para-hydroxylation sites is 2. The van der Waals surface area contributed by atoms with Gasteiger partial charge in [-0.2, -0.15) is 5.10 Å². The first-order valence-electron chi connectivity index (χ1n) is 13.1. The van der Waals surface area contributed by atoms with Gasteiger partial charge in [0.1, 0.15) is 24.6 Å². The van der Waals surface area contributed by atoms with Gasteiger partial charge < -0.3 is 4.74 Å². The number of fused-ring (bicyclic) bond motifs is 1. The predicted molar refractivity (Wildman–Crippen MR) is 165 cm³/mol. The molecule has 1 amide bonds. The largest absolute Gasteiger partial charge is 0.489 e. The molecule has 0 aromatic heterocycles. The molecule has 0 bridgehead atoms. The second-order valence-corrected chi connectivity index (χ2v) is 11.3. The van der Waals surface area contributed by atoms with Gasteiger partial charge in [-0.15, -0.1) is 0 Å². The molecule has 11 heteroatoms. The second-order valence-electron chi connectivity index (χ2n) is 9.40. The highest BCUT2D eigenvalue weighted by atomic mass is 32.2. The number of hydrogen-bond donors (Lipinski definition) is 1. The first-order valence-corrected chi connectivity index (χ1v) is 14.6. The summed E-state index contributed by atoms with van der Waals surface area (Å²) in [5.74, 6) is -0.134. The average molecular weight is 595 g/mol. The minimum absolute atomic E-state index is 0.118. The Hall–Kier alpha value is -5.55. The number of hydrazone groups is 1. The smallest absolute Gasteiger partial charge is 0.293 e. The predicted octanol–water partition coefficient (Wildman–Crippen LogP) is 5.67. The van der Waals surface area contributed by atoms with Gasteiger partial charge in [-0.05, 0) is 70.4 Å². The number of nitrogens with one attached hydrogen (secondary N) is 1. The molecule has 216 valence electrons. The third-order valence-corrected chi connectivity index (χ3v) is 8.24. The molecule has 0 aliphatic rings. The van der Waals surface area contributed by atoms with Crippen molar-refractivity contribution >= 4 is 44.3 Å². The van der Waals surface area contributed by atoms with Crippen molar-refractivity contribution in [2.75, 3.05) is 10.8 Å². The molecule has 0 atom stereocenters. The molecule has 0 unspecified atom stereocenters. The lowest BCUT2D eigenvalue weighted by atomic mass is 10.1. The maximum Gasteiger partial charge on any atom is 0.293 e. The number of benzene rings is 5. The van der Waals surface area contributed by atoms with Crippen LogP contribution in [0.25, 0.3) is 10.8 Å². The molecule has 0 spiro atoms. The molecule has 0 aliphatic heterocycles. The molecule has 0 saturated carbocycles. The van der Waals surface area contributed by atoms with E-state index in [1.807, 2.05) is 18.2 Å². The van der Waals surface area contributed by atoms with Crippen LogP contribution in [0.3, 0.4) is 0 Å². The van der Waals surface area contributed by atoms with Crippen LogP contribution in [-0.2, 0) is 21.4 Å². The van der Waals surface area contributed by atoms with Crippen LogP contribution in [-0.4, -0.2) is 32.0 Å². The highest BCUT2D eigenvalue weighted by molar-refractivity contribution is 7.92. The molecule has 43 heavy (non-hydrogen) atoms. The summed E-state index contributed by atoms with van der Waals surface area (Å²) in [7, 11) is -4.32. The number of ether oxygens (including phenoxy) is 1. The van der Waals surface area contributed by atoms with E-state index >= 15 is 0 Å². The molecule has 10 nitrogen and oxygen atoms in total. The summed E-state index contributed by atoms with van der Waals surface area (Å²) >= 11 is 0. The van der Waals surface area contributed by atoms with E-state index in [0.717, 1.165) is 16.3 Å². The van der Waals surface area contributed by atoms with E-state index in [-0.39, 0.29) is 10.6 Å². The Bertz CT molecular complexity index is 1900. The summed E-state index contributed by atoms with van der Waals surface area (Å²) in [6.45, 7) is -0.336. The quantitative estimate of drug-likeness (QED) is 0.119. The number of sulfonamides is 1. The van der Waals surface area contributed by atoms with E-state index in [1.54, 1.807) is 30.3 Å². The van der Waals surface area contributed by atoms with Gasteiger partial charge in [0.25, 0.3) is 21.6 Å². The zero-order valence-electron chi connectivity index (χ0n) is 22.7. The fourth-order valence-electron chi connectivity index (χ4n) is 4.34. The highest BCUT2D eigenvalue weighted by Crippen LogP contribution is 2.32. The number of carbonyl (C=O) groups is 1. The lowest BCUT2D eigenvalue weighted by molar-refractivity contribution is -0.384. The van der Waals surface area contributed by atoms with Crippen LogP contribution in [0.4, 0.5) is 11.4 Å². The summed E-state index contributed by atoms with van der Waals surface area (Å²) in [5.41, 5.74) is 3.30. The zero-order valence-corrected chi connectivity index (χ0v) is 23.6. The summed E-state index contributed by atoms with van der Waals surface area (Å²) in [4.78, 5) is 23.6. The molecule has 0 radical (unpaired) electrons. The molecule has 0 aliphatic carbocycles. The van der Waals surface area contributed by atoms with Gasteiger partial charge >= 0.3 is 0 Å². The third-order valence-electron chi connectivity index (χ3n) is 6.47. The van der Waals surface area contributed by atoms with Crippen LogP contribution in [0.15, 0.2) is 131 Å². The molecule has 5 rings (SSSR count). The number of hydrogen-bond acceptors (Lipinski definition) is 7. The molecule has 5 aromatic carbocycles. The van der Waals surface area contributed by atoms with E-state index in [0.29, 0.717) is 22.2 Å². The number of rotatable bonds is 11. The van der Waals surface area contributed by atoms with E-state index in [9.17, 15) is 23.3 Å². The fraction of sp³-hybridized carbons (Fsp3) is 0.0625. The number of carbonyl (C=O) groups excluding carboxylic acids is 1. The second kappa shape index (κ2) is 13.0. The maximum absolute atomic E-state index is 13.4. The van der Waals surface area contributed by atoms with Gasteiger partial charge in [0.2, 0.25) is 0 Å². The Morgan fingerprint density at radius 3 is 2.28 bits per heavy atom. The molecule has 0 heterocycles. The topological polar surface area (TPSA) is 131 Å². The van der Waals surface area contributed by atoms with Crippen molar-refractivity contribution in [3.63, 3.8) is 0 Å². The Kier molecular flexibility index (Phi) is 8.73. The maximum atomic E-state index is 13.4. The lowest BCUT2D eigenvalue weighted by Gasteiger charge is -2.23. The van der Waals surface area contributed by atoms with E-state index in [4.69, 9.17) is 4.74 Å². The van der Waals surface area contributed by atoms with Gasteiger partial charge in [-0.25, -0.2) is 18.1 Å². The van der Waals surface area contributed by atoms with Crippen molar-refractivity contribution in [2.24, 2.45) is 5.10 Å². The van der Waals surface area contributed by atoms with Gasteiger partial charge in [0.15, 0.2) is 0 Å². The Morgan fingerprint density at radius 2 is 1.53 bits per heavy atom. The first kappa shape index (κ1) is 29.0. The molecule has 1 N–H and O–H groups in total. The number of nitro benzene ring substituents is 1. The summed E-state index contributed by atoms with van der Waals surface area (Å²) in [6, 6.07) is 34.0. The molecule has 5 aromatic rings. The summed E-state index contributed by atoms with van der Waals surface area (Å²) < 4.78 is 33.5. The Morgan fingerprint density at radius 1 is 0.860 bits per heavy atom. The SMILES string of the molecule is O=C(CN(c1ccccc1[N+](=O)[O-])S(=O)(=O)c1ccccc1)N/N=C\c1ccc(OCc2ccc3ccccc3c2)cc1. The average Bonchev–Trinajstić information content (AvgIpc) is 3.03. The van der Waals surface area contributed by atoms with Crippen molar-refractivity contribution in [2.45, 2.75) is 11.5 Å². The normalized spacial score (nSPS) is 11.3. The van der Waals surface area contributed by atoms with Gasteiger partial charge in [-0.1, -0.05) is 66.7 Å². The van der Waals surface area contributed by atoms with Gasteiger partial charge in [-0.3, -0.25) is 14.9 Å². The highest BCUT2D eigenvalue weighted by Gasteiger charge is 2.31. The number of nitro groups is 1. The molecular weight excluding hydrogens is 568 g/mol. The standard InChI is InChI=1S/C32H26N4O6S/c37-32(22-35(30-12-6-7-13-31(30)36(38)39)43(40,41)29-10-2-1-3-11-29)34-33-21-24-15-18-28(19-16-24)42-23-25-14-17-26-8-4-5-9-27(26)20-25/h1-21H,22-23H2,(H,34,37)/b33-21-. The van der Waals surface area contributed by atoms with Crippen LogP contribution < -0.4 is 14.5 Å². The van der Waals surface area contributed by atoms with Crippen LogP contribution in [0.1, 0.15) is 11.1 Å². The number of anilines is 1. The van der Waals surface area contributed by atoms with Crippen molar-refractivity contribution in [3.8, 4) is 5.75 Å². The van der Waals surface area contributed by atoms with Crippen LogP contribution >= 0.6 is 0 Å². The molecular formula is C32H26N4O6S. The fourth-order valence-corrected chi connectivity index (χ4v) is 5.79. The first-order chi connectivity index (χ1) is 20.8. The van der Waals surface area contributed by atoms with Crippen molar-refractivity contribution in [1.29, 1.82) is 0 Å². The minimum atomic E-state index is -4.32. The zero-order chi connectivity index (χ0) is 30.2. The Labute approximate surface area is 248 Å². The van der Waals surface area contributed by atoms with Crippen molar-refractivity contribution < 1.29 is 22.9 Å². The Balaban J connectivity index is 1.24. The van der Waals surface area contributed by atoms with Crippen LogP contribution in [0.2, 0.25) is 0 Å². The number of amides is 1. The molecule has 0 saturated heterocycles. The van der Waals surface area contributed by atoms with E-state index in [1.165, 1.54) is 54.7 Å². The van der Waals surface area contributed by atoms with Crippen LogP contribution in [0, 0.1) is 10.1 Å².